The number of aromatic nitrogens is 4. The predicted molar refractivity (Wildman–Crippen MR) is 97.4 cm³/mol. The summed E-state index contributed by atoms with van der Waals surface area (Å²) >= 11 is 0. The third kappa shape index (κ3) is 4.45. The number of hydrogen-bond donors (Lipinski definition) is 2. The second-order valence-corrected chi connectivity index (χ2v) is 6.39. The van der Waals surface area contributed by atoms with E-state index in [2.05, 4.69) is 27.0 Å². The van der Waals surface area contributed by atoms with Crippen molar-refractivity contribution in [1.82, 2.24) is 25.1 Å². The lowest BCUT2D eigenvalue weighted by Crippen LogP contribution is -2.40. The first kappa shape index (κ1) is 18.1. The Hall–Kier alpha value is -2.74. The van der Waals surface area contributed by atoms with Crippen LogP contribution in [-0.4, -0.2) is 45.6 Å². The lowest BCUT2D eigenvalue weighted by atomic mass is 9.99. The summed E-state index contributed by atoms with van der Waals surface area (Å²) in [5.74, 6) is 0.246. The van der Waals surface area contributed by atoms with Crippen LogP contribution in [0.5, 0.6) is 0 Å². The van der Waals surface area contributed by atoms with Gasteiger partial charge in [-0.3, -0.25) is 9.67 Å². The summed E-state index contributed by atoms with van der Waals surface area (Å²) in [6.45, 7) is 5.49. The lowest BCUT2D eigenvalue weighted by molar-refractivity contribution is 0.141. The molecule has 0 amide bonds. The molecule has 8 heteroatoms. The van der Waals surface area contributed by atoms with Crippen LogP contribution in [0.25, 0.3) is 17.5 Å². The average molecular weight is 358 g/mol. The topological polar surface area (TPSA) is 90.9 Å². The summed E-state index contributed by atoms with van der Waals surface area (Å²) in [4.78, 5) is 8.60. The van der Waals surface area contributed by atoms with E-state index in [1.165, 1.54) is 0 Å². The van der Waals surface area contributed by atoms with Crippen molar-refractivity contribution in [3.05, 3.63) is 47.6 Å². The fraction of sp³-hybridized carbons (Fsp3) is 0.389. The molecule has 1 aliphatic heterocycles. The van der Waals surface area contributed by atoms with Crippen LogP contribution in [0, 0.1) is 5.92 Å². The van der Waals surface area contributed by atoms with Crippen molar-refractivity contribution in [3.63, 3.8) is 0 Å². The van der Waals surface area contributed by atoms with Crippen molar-refractivity contribution in [3.8, 4) is 0 Å². The molecule has 0 aromatic carbocycles. The van der Waals surface area contributed by atoms with E-state index in [-0.39, 0.29) is 11.8 Å². The molecular weight excluding hydrogens is 335 g/mol. The summed E-state index contributed by atoms with van der Waals surface area (Å²) in [7, 11) is 1.84. The molecule has 0 radical (unpaired) electrons. The Balaban J connectivity index is 1.82. The van der Waals surface area contributed by atoms with Gasteiger partial charge < -0.3 is 15.8 Å². The zero-order chi connectivity index (χ0) is 18.5. The van der Waals surface area contributed by atoms with Crippen LogP contribution < -0.4 is 21.7 Å². The van der Waals surface area contributed by atoms with Gasteiger partial charge in [-0.15, -0.1) is 0 Å². The molecule has 0 saturated carbocycles. The zero-order valence-electron chi connectivity index (χ0n) is 14.7. The normalized spacial score (nSPS) is 22.2. The van der Waals surface area contributed by atoms with Gasteiger partial charge in [0.25, 0.3) is 0 Å². The van der Waals surface area contributed by atoms with E-state index in [1.807, 2.05) is 13.2 Å². The van der Waals surface area contributed by atoms with Crippen molar-refractivity contribution in [2.45, 2.75) is 12.6 Å². The molecule has 3 heterocycles. The highest BCUT2D eigenvalue weighted by Gasteiger charge is 2.21. The molecule has 3 N–H and O–H groups in total. The number of aryl methyl sites for hydroxylation is 1. The molecule has 1 fully saturated rings. The smallest absolute Gasteiger partial charge is 0.212 e. The van der Waals surface area contributed by atoms with E-state index in [1.54, 1.807) is 29.3 Å². The van der Waals surface area contributed by atoms with E-state index in [4.69, 9.17) is 10.5 Å². The van der Waals surface area contributed by atoms with E-state index in [0.717, 1.165) is 11.1 Å². The van der Waals surface area contributed by atoms with Crippen LogP contribution in [0.3, 0.4) is 0 Å². The molecule has 0 aliphatic carbocycles. The fourth-order valence-electron chi connectivity index (χ4n) is 2.86. The number of ether oxygens (including phenoxy) is 1. The highest BCUT2D eigenvalue weighted by molar-refractivity contribution is 5.85. The van der Waals surface area contributed by atoms with E-state index < -0.39 is 6.17 Å². The molecule has 2 aromatic heterocycles. The largest absolute Gasteiger partial charge is 0.477 e. The number of piperidine rings is 1. The number of nitrogens with zero attached hydrogens (tertiary/aromatic N) is 4. The summed E-state index contributed by atoms with van der Waals surface area (Å²) in [5, 5.41) is 8.18. The van der Waals surface area contributed by atoms with Crippen molar-refractivity contribution in [1.29, 1.82) is 0 Å². The molecule has 1 aliphatic rings. The first-order chi connectivity index (χ1) is 12.5. The Morgan fingerprint density at radius 3 is 3.00 bits per heavy atom. The van der Waals surface area contributed by atoms with E-state index in [9.17, 15) is 4.39 Å². The Morgan fingerprint density at radius 1 is 1.46 bits per heavy atom. The fourth-order valence-corrected chi connectivity index (χ4v) is 2.86. The highest BCUT2D eigenvalue weighted by Crippen LogP contribution is 2.14. The molecule has 26 heavy (non-hydrogen) atoms. The van der Waals surface area contributed by atoms with Gasteiger partial charge in [-0.2, -0.15) is 5.10 Å². The lowest BCUT2D eigenvalue weighted by Gasteiger charge is -2.25. The maximum atomic E-state index is 13.5. The second-order valence-electron chi connectivity index (χ2n) is 6.39. The number of halogens is 1. The molecule has 2 atom stereocenters. The van der Waals surface area contributed by atoms with Gasteiger partial charge >= 0.3 is 0 Å². The molecule has 138 valence electrons. The minimum Gasteiger partial charge on any atom is -0.477 e. The summed E-state index contributed by atoms with van der Waals surface area (Å²) in [6.07, 6.45) is 8.13. The third-order valence-electron chi connectivity index (χ3n) is 4.21. The van der Waals surface area contributed by atoms with Crippen molar-refractivity contribution in [2.75, 3.05) is 19.7 Å². The molecule has 0 unspecified atom stereocenters. The van der Waals surface area contributed by atoms with E-state index >= 15 is 0 Å². The number of allylic oxidation sites excluding steroid dienone is 1. The van der Waals surface area contributed by atoms with Crippen LogP contribution in [0.15, 0.2) is 31.4 Å². The van der Waals surface area contributed by atoms with E-state index in [0.29, 0.717) is 36.8 Å². The van der Waals surface area contributed by atoms with Gasteiger partial charge in [-0.1, -0.05) is 6.58 Å². The van der Waals surface area contributed by atoms with Crippen molar-refractivity contribution >= 4 is 17.5 Å². The second kappa shape index (κ2) is 8.09. The molecule has 3 rings (SSSR count). The standard InChI is InChI=1S/C18H23FN6O/c1-12(14-8-24-25(2)10-14)5-16-17(23-4-3-22-16)18(20)26-11-13-6-15(19)9-21-7-13/h3-5,8,10,13,15,21H,1,6-7,9,11,20H2,2H3/b16-5+,18-17-/t13-,15-/m1/s1. The Bertz CT molecular complexity index is 893. The van der Waals surface area contributed by atoms with Gasteiger partial charge in [0.05, 0.1) is 18.2 Å². The third-order valence-corrected chi connectivity index (χ3v) is 4.21. The summed E-state index contributed by atoms with van der Waals surface area (Å²) in [5.41, 5.74) is 7.70. The SMILES string of the molecule is C=C(/C=c1/nccn/c1=C(/N)OC[C@H]1CNC[C@H](F)C1)c1cnn(C)c1. The molecule has 2 aromatic rings. The Labute approximate surface area is 151 Å². The van der Waals surface area contributed by atoms with Crippen LogP contribution >= 0.6 is 0 Å². The quantitative estimate of drug-likeness (QED) is 0.762. The first-order valence-corrected chi connectivity index (χ1v) is 8.47. The minimum absolute atomic E-state index is 0.0757. The van der Waals surface area contributed by atoms with Crippen LogP contribution in [0.1, 0.15) is 12.0 Å². The highest BCUT2D eigenvalue weighted by atomic mass is 19.1. The zero-order valence-corrected chi connectivity index (χ0v) is 14.7. The summed E-state index contributed by atoms with van der Waals surface area (Å²) < 4.78 is 20.8. The van der Waals surface area contributed by atoms with Crippen LogP contribution in [0.4, 0.5) is 4.39 Å². The van der Waals surface area contributed by atoms with Gasteiger partial charge in [0.1, 0.15) is 11.5 Å². The van der Waals surface area contributed by atoms with Gasteiger partial charge in [0, 0.05) is 50.2 Å². The molecule has 0 bridgehead atoms. The number of nitrogens with two attached hydrogens (primary N) is 1. The van der Waals surface area contributed by atoms with Gasteiger partial charge in [-0.25, -0.2) is 9.37 Å². The van der Waals surface area contributed by atoms with Gasteiger partial charge in [-0.05, 0) is 18.1 Å². The number of alkyl halides is 1. The molecule has 7 nitrogen and oxygen atoms in total. The number of nitrogens with one attached hydrogen (secondary N) is 1. The van der Waals surface area contributed by atoms with Crippen molar-refractivity contribution in [2.24, 2.45) is 18.7 Å². The monoisotopic (exact) mass is 358 g/mol. The predicted octanol–water partition coefficient (Wildman–Crippen LogP) is -0.307. The Kier molecular flexibility index (Phi) is 5.62. The van der Waals surface area contributed by atoms with Crippen LogP contribution in [0.2, 0.25) is 0 Å². The average Bonchev–Trinajstić information content (AvgIpc) is 3.07. The molecular formula is C18H23FN6O. The maximum Gasteiger partial charge on any atom is 0.212 e. The summed E-state index contributed by atoms with van der Waals surface area (Å²) in [6, 6.07) is 0. The van der Waals surface area contributed by atoms with Gasteiger partial charge in [0.2, 0.25) is 5.88 Å². The van der Waals surface area contributed by atoms with Gasteiger partial charge in [0.15, 0.2) is 0 Å². The number of rotatable bonds is 5. The molecule has 0 spiro atoms. The first-order valence-electron chi connectivity index (χ1n) is 8.47. The minimum atomic E-state index is -0.846. The number of hydrogen-bond acceptors (Lipinski definition) is 6. The molecule has 1 saturated heterocycles. The van der Waals surface area contributed by atoms with Crippen LogP contribution in [-0.2, 0) is 11.8 Å². The Morgan fingerprint density at radius 2 is 2.27 bits per heavy atom. The van der Waals surface area contributed by atoms with Crippen molar-refractivity contribution < 1.29 is 9.13 Å². The maximum absolute atomic E-state index is 13.5.